The molecule has 1 heterocycles. The van der Waals surface area contributed by atoms with E-state index in [1.54, 1.807) is 0 Å². The van der Waals surface area contributed by atoms with Gasteiger partial charge in [-0.15, -0.1) is 23.5 Å². The van der Waals surface area contributed by atoms with Gasteiger partial charge in [0, 0.05) is 18.9 Å². The average Bonchev–Trinajstić information content (AvgIpc) is 2.97. The standard InChI is InChI=1S/C35H68O3S2/c1-3-5-7-9-11-13-14-15-16-18-20-22-24-27-35(39-28-25-29-40-35)30-33(31-36)32-38-34(37)26-23-21-19-17-12-10-8-6-4-2/h33,36H,3-32H2,1-2H3/t33-/m1/s1. The van der Waals surface area contributed by atoms with Gasteiger partial charge in [0.25, 0.3) is 0 Å². The largest absolute Gasteiger partial charge is 0.465 e. The second-order valence-corrected chi connectivity index (χ2v) is 15.7. The molecule has 1 aliphatic rings. The minimum atomic E-state index is -0.0733. The molecule has 1 saturated heterocycles. The Balaban J connectivity index is 2.16. The van der Waals surface area contributed by atoms with Crippen LogP contribution < -0.4 is 0 Å². The third-order valence-electron chi connectivity index (χ3n) is 8.50. The first kappa shape index (κ1) is 38.2. The van der Waals surface area contributed by atoms with Crippen LogP contribution in [-0.2, 0) is 9.53 Å². The Labute approximate surface area is 258 Å². The summed E-state index contributed by atoms with van der Waals surface area (Å²) in [7, 11) is 0. The lowest BCUT2D eigenvalue weighted by Gasteiger charge is -2.38. The number of aliphatic hydroxyl groups is 1. The maximum Gasteiger partial charge on any atom is 0.305 e. The van der Waals surface area contributed by atoms with E-state index in [4.69, 9.17) is 4.74 Å². The van der Waals surface area contributed by atoms with Crippen LogP contribution in [0.2, 0.25) is 0 Å². The van der Waals surface area contributed by atoms with Gasteiger partial charge in [-0.2, -0.15) is 0 Å². The first-order valence-electron chi connectivity index (χ1n) is 17.7. The number of rotatable bonds is 29. The van der Waals surface area contributed by atoms with Crippen molar-refractivity contribution in [1.29, 1.82) is 0 Å². The molecule has 0 saturated carbocycles. The minimum absolute atomic E-state index is 0.0622. The zero-order chi connectivity index (χ0) is 29.0. The van der Waals surface area contributed by atoms with E-state index in [0.29, 0.717) is 13.0 Å². The highest BCUT2D eigenvalue weighted by Crippen LogP contribution is 2.49. The zero-order valence-corrected chi connectivity index (χ0v) is 28.5. The van der Waals surface area contributed by atoms with Crippen LogP contribution >= 0.6 is 23.5 Å². The minimum Gasteiger partial charge on any atom is -0.465 e. The number of aliphatic hydroxyl groups excluding tert-OH is 1. The molecule has 0 spiro atoms. The number of unbranched alkanes of at least 4 members (excludes halogenated alkanes) is 20. The maximum absolute atomic E-state index is 12.3. The third kappa shape index (κ3) is 21.8. The van der Waals surface area contributed by atoms with Crippen molar-refractivity contribution in [2.75, 3.05) is 24.7 Å². The van der Waals surface area contributed by atoms with E-state index in [-0.39, 0.29) is 22.6 Å². The van der Waals surface area contributed by atoms with E-state index in [1.165, 1.54) is 153 Å². The van der Waals surface area contributed by atoms with E-state index < -0.39 is 0 Å². The van der Waals surface area contributed by atoms with Gasteiger partial charge in [-0.3, -0.25) is 4.79 Å². The number of carbonyl (C=O) groups excluding carboxylic acids is 1. The summed E-state index contributed by atoms with van der Waals surface area (Å²) in [5.74, 6) is 2.44. The summed E-state index contributed by atoms with van der Waals surface area (Å²) in [6, 6.07) is 0. The van der Waals surface area contributed by atoms with Crippen molar-refractivity contribution in [3.05, 3.63) is 0 Å². The number of thioether (sulfide) groups is 2. The van der Waals surface area contributed by atoms with E-state index in [9.17, 15) is 9.90 Å². The average molecular weight is 601 g/mol. The molecule has 1 atom stereocenters. The van der Waals surface area contributed by atoms with Crippen LogP contribution in [-0.4, -0.2) is 39.9 Å². The van der Waals surface area contributed by atoms with Gasteiger partial charge in [-0.25, -0.2) is 0 Å². The van der Waals surface area contributed by atoms with Crippen LogP contribution in [0.15, 0.2) is 0 Å². The number of hydrogen-bond acceptors (Lipinski definition) is 5. The Morgan fingerprint density at radius 1 is 0.675 bits per heavy atom. The quantitative estimate of drug-likeness (QED) is 0.0683. The molecule has 3 nitrogen and oxygen atoms in total. The molecule has 0 amide bonds. The van der Waals surface area contributed by atoms with Crippen molar-refractivity contribution >= 4 is 29.5 Å². The third-order valence-corrected chi connectivity index (χ3v) is 12.0. The molecule has 5 heteroatoms. The molecule has 1 N–H and O–H groups in total. The Hall–Kier alpha value is 0.130. The van der Waals surface area contributed by atoms with Crippen LogP contribution in [0, 0.1) is 5.92 Å². The van der Waals surface area contributed by atoms with Gasteiger partial charge < -0.3 is 9.84 Å². The van der Waals surface area contributed by atoms with Crippen molar-refractivity contribution in [3.8, 4) is 0 Å². The molecule has 0 aromatic rings. The van der Waals surface area contributed by atoms with E-state index in [1.807, 2.05) is 0 Å². The van der Waals surface area contributed by atoms with Crippen molar-refractivity contribution in [3.63, 3.8) is 0 Å². The normalized spacial score (nSPS) is 15.8. The Kier molecular flexibility index (Phi) is 26.6. The summed E-state index contributed by atoms with van der Waals surface area (Å²) in [4.78, 5) is 12.3. The first-order chi connectivity index (χ1) is 19.7. The van der Waals surface area contributed by atoms with Gasteiger partial charge in [0.05, 0.1) is 10.7 Å². The van der Waals surface area contributed by atoms with Crippen LogP contribution in [0.4, 0.5) is 0 Å². The van der Waals surface area contributed by atoms with Gasteiger partial charge in [0.2, 0.25) is 0 Å². The SMILES string of the molecule is CCCCCCCCCCCCCCCC1(C[C@H](CO)COC(=O)CCCCCCCCCCC)SCCCS1. The van der Waals surface area contributed by atoms with Gasteiger partial charge in [0.1, 0.15) is 0 Å². The topological polar surface area (TPSA) is 46.5 Å². The van der Waals surface area contributed by atoms with Crippen molar-refractivity contribution in [2.45, 2.75) is 185 Å². The summed E-state index contributed by atoms with van der Waals surface area (Å²) in [5.41, 5.74) is 0. The molecule has 1 fully saturated rings. The van der Waals surface area contributed by atoms with Crippen LogP contribution in [0.25, 0.3) is 0 Å². The van der Waals surface area contributed by atoms with E-state index >= 15 is 0 Å². The molecule has 1 rings (SSSR count). The molecular formula is C35H68O3S2. The predicted molar refractivity (Wildman–Crippen MR) is 181 cm³/mol. The fraction of sp³-hybridized carbons (Fsp3) is 0.971. The lowest BCUT2D eigenvalue weighted by atomic mass is 9.99. The van der Waals surface area contributed by atoms with Crippen LogP contribution in [0.1, 0.15) is 181 Å². The van der Waals surface area contributed by atoms with Gasteiger partial charge >= 0.3 is 5.97 Å². The lowest BCUT2D eigenvalue weighted by Crippen LogP contribution is -2.31. The maximum atomic E-state index is 12.3. The molecule has 0 aromatic carbocycles. The van der Waals surface area contributed by atoms with Crippen LogP contribution in [0.5, 0.6) is 0 Å². The fourth-order valence-corrected chi connectivity index (χ4v) is 9.49. The second-order valence-electron chi connectivity index (χ2n) is 12.5. The zero-order valence-electron chi connectivity index (χ0n) is 26.9. The highest BCUT2D eigenvalue weighted by molar-refractivity contribution is 8.18. The predicted octanol–water partition coefficient (Wildman–Crippen LogP) is 11.5. The molecule has 0 bridgehead atoms. The fourth-order valence-electron chi connectivity index (χ4n) is 5.87. The Morgan fingerprint density at radius 3 is 1.55 bits per heavy atom. The molecule has 0 aliphatic carbocycles. The highest BCUT2D eigenvalue weighted by Gasteiger charge is 2.35. The summed E-state index contributed by atoms with van der Waals surface area (Å²) in [5, 5.41) is 10.1. The van der Waals surface area contributed by atoms with E-state index in [2.05, 4.69) is 37.4 Å². The summed E-state index contributed by atoms with van der Waals surface area (Å²) in [6.07, 6.45) is 33.4. The summed E-state index contributed by atoms with van der Waals surface area (Å²) >= 11 is 4.22. The molecule has 40 heavy (non-hydrogen) atoms. The number of ether oxygens (including phenoxy) is 1. The second kappa shape index (κ2) is 27.9. The molecule has 0 unspecified atom stereocenters. The molecular weight excluding hydrogens is 533 g/mol. The lowest BCUT2D eigenvalue weighted by molar-refractivity contribution is -0.145. The van der Waals surface area contributed by atoms with Crippen molar-refractivity contribution < 1.29 is 14.6 Å². The smallest absolute Gasteiger partial charge is 0.305 e. The molecule has 238 valence electrons. The van der Waals surface area contributed by atoms with Crippen LogP contribution in [0.3, 0.4) is 0 Å². The summed E-state index contributed by atoms with van der Waals surface area (Å²) in [6.45, 7) is 5.05. The first-order valence-corrected chi connectivity index (χ1v) is 19.7. The molecule has 1 aliphatic heterocycles. The monoisotopic (exact) mass is 600 g/mol. The Morgan fingerprint density at radius 2 is 1.10 bits per heavy atom. The Bertz CT molecular complexity index is 551. The number of hydrogen-bond donors (Lipinski definition) is 1. The van der Waals surface area contributed by atoms with Gasteiger partial charge in [-0.05, 0) is 37.2 Å². The van der Waals surface area contributed by atoms with Crippen molar-refractivity contribution in [1.82, 2.24) is 0 Å². The van der Waals surface area contributed by atoms with Crippen molar-refractivity contribution in [2.24, 2.45) is 5.92 Å². The number of esters is 1. The van der Waals surface area contributed by atoms with E-state index in [0.717, 1.165) is 19.3 Å². The molecule has 0 radical (unpaired) electrons. The van der Waals surface area contributed by atoms with Gasteiger partial charge in [0.15, 0.2) is 0 Å². The summed E-state index contributed by atoms with van der Waals surface area (Å²) < 4.78 is 5.86. The number of carbonyl (C=O) groups is 1. The molecule has 0 aromatic heterocycles. The highest BCUT2D eigenvalue weighted by atomic mass is 32.2. The van der Waals surface area contributed by atoms with Gasteiger partial charge in [-0.1, -0.05) is 149 Å².